The number of halogens is 1. The van der Waals surface area contributed by atoms with E-state index in [-0.39, 0.29) is 11.1 Å². The minimum atomic E-state index is -0.843. The van der Waals surface area contributed by atoms with E-state index in [1.54, 1.807) is 4.90 Å². The van der Waals surface area contributed by atoms with Gasteiger partial charge in [0.05, 0.1) is 5.39 Å². The molecule has 0 unspecified atom stereocenters. The molecule has 6 nitrogen and oxygen atoms in total. The number of hydrogen-bond donors (Lipinski definition) is 1. The van der Waals surface area contributed by atoms with Crippen LogP contribution in [0.5, 0.6) is 0 Å². The van der Waals surface area contributed by atoms with Crippen molar-refractivity contribution in [2.75, 3.05) is 0 Å². The van der Waals surface area contributed by atoms with Gasteiger partial charge in [-0.3, -0.25) is 4.90 Å². The Kier molecular flexibility index (Phi) is 3.88. The summed E-state index contributed by atoms with van der Waals surface area (Å²) in [5, 5.41) is 11.3. The lowest BCUT2D eigenvalue weighted by Crippen LogP contribution is -2.48. The van der Waals surface area contributed by atoms with Crippen LogP contribution in [0.1, 0.15) is 37.7 Å². The third kappa shape index (κ3) is 2.51. The molecule has 1 N–H and O–H groups in total. The summed E-state index contributed by atoms with van der Waals surface area (Å²) in [6, 6.07) is 11.8. The molecule has 2 heterocycles. The van der Waals surface area contributed by atoms with E-state index in [4.69, 9.17) is 11.6 Å². The number of carbonyl (C=O) groups is 1. The first kappa shape index (κ1) is 17.5. The van der Waals surface area contributed by atoms with Crippen molar-refractivity contribution in [2.45, 2.75) is 49.7 Å². The molecule has 2 bridgehead atoms. The fourth-order valence-electron chi connectivity index (χ4n) is 5.35. The first-order valence-electron chi connectivity index (χ1n) is 9.56. The molecule has 5 rings (SSSR count). The van der Waals surface area contributed by atoms with Crippen LogP contribution in [0.3, 0.4) is 0 Å². The molecule has 0 spiro atoms. The molecule has 0 radical (unpaired) electrons. The van der Waals surface area contributed by atoms with Crippen molar-refractivity contribution in [1.29, 1.82) is 0 Å². The maximum Gasteiger partial charge on any atom is 0.408 e. The quantitative estimate of drug-likeness (QED) is 0.650. The average molecular weight is 397 g/mol. The van der Waals surface area contributed by atoms with Crippen molar-refractivity contribution in [3.8, 4) is 0 Å². The van der Waals surface area contributed by atoms with Crippen molar-refractivity contribution in [3.63, 3.8) is 0 Å². The third-order valence-corrected chi connectivity index (χ3v) is 7.00. The molecule has 1 amide bonds. The third-order valence-electron chi connectivity index (χ3n) is 6.70. The molecule has 2 fully saturated rings. The Morgan fingerprint density at radius 1 is 1.14 bits per heavy atom. The first-order valence-corrected chi connectivity index (χ1v) is 9.93. The molecule has 28 heavy (non-hydrogen) atoms. The van der Waals surface area contributed by atoms with Gasteiger partial charge in [0, 0.05) is 23.8 Å². The zero-order chi connectivity index (χ0) is 19.4. The van der Waals surface area contributed by atoms with E-state index >= 15 is 0 Å². The normalized spacial score (nSPS) is 26.0. The molecule has 3 aromatic rings. The van der Waals surface area contributed by atoms with Crippen LogP contribution in [-0.2, 0) is 12.1 Å². The molecule has 7 heteroatoms. The van der Waals surface area contributed by atoms with Gasteiger partial charge in [0.15, 0.2) is 0 Å². The van der Waals surface area contributed by atoms with Crippen molar-refractivity contribution >= 4 is 28.7 Å². The highest BCUT2D eigenvalue weighted by Crippen LogP contribution is 2.58. The van der Waals surface area contributed by atoms with Gasteiger partial charge >= 0.3 is 6.09 Å². The molecule has 2 aliphatic carbocycles. The number of benzene rings is 1. The Morgan fingerprint density at radius 3 is 2.61 bits per heavy atom. The van der Waals surface area contributed by atoms with Crippen LogP contribution in [0.2, 0.25) is 5.15 Å². The summed E-state index contributed by atoms with van der Waals surface area (Å²) in [6.07, 6.45) is 7.11. The summed E-state index contributed by atoms with van der Waals surface area (Å²) in [7, 11) is 0. The Labute approximate surface area is 167 Å². The highest BCUT2D eigenvalue weighted by atomic mass is 35.5. The predicted octanol–water partition coefficient (Wildman–Crippen LogP) is 4.68. The van der Waals surface area contributed by atoms with Crippen molar-refractivity contribution < 1.29 is 9.90 Å². The monoisotopic (exact) mass is 396 g/mol. The highest BCUT2D eigenvalue weighted by molar-refractivity contribution is 6.33. The molecule has 144 valence electrons. The lowest BCUT2D eigenvalue weighted by atomic mass is 9.89. The highest BCUT2D eigenvalue weighted by Gasteiger charge is 2.59. The van der Waals surface area contributed by atoms with E-state index in [1.165, 1.54) is 6.33 Å². The molecular weight excluding hydrogens is 376 g/mol. The summed E-state index contributed by atoms with van der Waals surface area (Å²) < 4.78 is 2.22. The van der Waals surface area contributed by atoms with Gasteiger partial charge in [-0.25, -0.2) is 14.8 Å². The largest absolute Gasteiger partial charge is 0.465 e. The maximum atomic E-state index is 12.2. The van der Waals surface area contributed by atoms with Crippen LogP contribution < -0.4 is 0 Å². The zero-order valence-corrected chi connectivity index (χ0v) is 16.1. The van der Waals surface area contributed by atoms with Gasteiger partial charge < -0.3 is 9.67 Å². The summed E-state index contributed by atoms with van der Waals surface area (Å²) >= 11 is 6.24. The molecular formula is C21H21ClN4O2. The number of aromatic nitrogens is 3. The van der Waals surface area contributed by atoms with Crippen LogP contribution in [0.15, 0.2) is 48.9 Å². The number of hydrogen-bond acceptors (Lipinski definition) is 3. The fourth-order valence-corrected chi connectivity index (χ4v) is 5.54. The Morgan fingerprint density at radius 2 is 1.89 bits per heavy atom. The van der Waals surface area contributed by atoms with E-state index in [0.717, 1.165) is 48.7 Å². The Balaban J connectivity index is 1.50. The van der Waals surface area contributed by atoms with Crippen LogP contribution in [-0.4, -0.2) is 36.2 Å². The SMILES string of the molecule is O=C(O)N(Cc1ccccc1)C12CCC(n3ccc4c(Cl)ncnc43)(CC1)C2. The Hall–Kier alpha value is -2.60. The van der Waals surface area contributed by atoms with Gasteiger partial charge in [0.2, 0.25) is 0 Å². The number of amides is 1. The van der Waals surface area contributed by atoms with Gasteiger partial charge in [-0.2, -0.15) is 0 Å². The smallest absolute Gasteiger partial charge is 0.408 e. The van der Waals surface area contributed by atoms with Crippen molar-refractivity contribution in [3.05, 3.63) is 59.6 Å². The molecule has 0 aliphatic heterocycles. The topological polar surface area (TPSA) is 71.2 Å². The number of nitrogens with zero attached hydrogens (tertiary/aromatic N) is 4. The number of fused-ring (bicyclic) bond motifs is 3. The molecule has 2 aromatic heterocycles. The molecule has 2 aliphatic rings. The Bertz CT molecular complexity index is 1040. The van der Waals surface area contributed by atoms with Crippen molar-refractivity contribution in [1.82, 2.24) is 19.4 Å². The lowest BCUT2D eigenvalue weighted by Gasteiger charge is -2.38. The lowest BCUT2D eigenvalue weighted by molar-refractivity contribution is 0.0732. The van der Waals surface area contributed by atoms with E-state index in [0.29, 0.717) is 11.7 Å². The van der Waals surface area contributed by atoms with E-state index < -0.39 is 6.09 Å². The maximum absolute atomic E-state index is 12.2. The number of carboxylic acid groups (broad SMARTS) is 1. The minimum Gasteiger partial charge on any atom is -0.465 e. The number of rotatable bonds is 4. The summed E-state index contributed by atoms with van der Waals surface area (Å²) in [5.41, 5.74) is 1.43. The standard InChI is InChI=1S/C21H21ClN4O2/c22-17-16-6-11-25(18(16)24-14-23-17)20-7-9-21(13-20,10-8-20)26(19(27)28)12-15-4-2-1-3-5-15/h1-6,11,14H,7-10,12-13H2,(H,27,28). The van der Waals surface area contributed by atoms with Crippen molar-refractivity contribution in [2.24, 2.45) is 0 Å². The predicted molar refractivity (Wildman–Crippen MR) is 106 cm³/mol. The van der Waals surface area contributed by atoms with Crippen LogP contribution in [0, 0.1) is 0 Å². The fraction of sp³-hybridized carbons (Fsp3) is 0.381. The van der Waals surface area contributed by atoms with E-state index in [2.05, 4.69) is 14.5 Å². The van der Waals surface area contributed by atoms with Gasteiger partial charge in [0.25, 0.3) is 0 Å². The summed E-state index contributed by atoms with van der Waals surface area (Å²) in [6.45, 7) is 0.423. The molecule has 0 atom stereocenters. The average Bonchev–Trinajstić information content (AvgIpc) is 3.40. The van der Waals surface area contributed by atoms with Gasteiger partial charge in [-0.1, -0.05) is 41.9 Å². The summed E-state index contributed by atoms with van der Waals surface area (Å²) in [4.78, 5) is 22.4. The second-order valence-corrected chi connectivity index (χ2v) is 8.43. The zero-order valence-electron chi connectivity index (χ0n) is 15.4. The van der Waals surface area contributed by atoms with Gasteiger partial charge in [-0.15, -0.1) is 0 Å². The van der Waals surface area contributed by atoms with E-state index in [9.17, 15) is 9.90 Å². The molecule has 2 saturated carbocycles. The van der Waals surface area contributed by atoms with Crippen LogP contribution in [0.4, 0.5) is 4.79 Å². The van der Waals surface area contributed by atoms with Crippen LogP contribution >= 0.6 is 11.6 Å². The van der Waals surface area contributed by atoms with E-state index in [1.807, 2.05) is 42.6 Å². The van der Waals surface area contributed by atoms with Gasteiger partial charge in [0.1, 0.15) is 17.1 Å². The minimum absolute atomic E-state index is 0.107. The van der Waals surface area contributed by atoms with Crippen LogP contribution in [0.25, 0.3) is 11.0 Å². The molecule has 1 aromatic carbocycles. The second kappa shape index (κ2) is 6.21. The van der Waals surface area contributed by atoms with Gasteiger partial charge in [-0.05, 0) is 43.7 Å². The first-order chi connectivity index (χ1) is 13.5. The second-order valence-electron chi connectivity index (χ2n) is 8.07. The molecule has 0 saturated heterocycles. The summed E-state index contributed by atoms with van der Waals surface area (Å²) in [5.74, 6) is 0.